The molecule has 0 saturated carbocycles. The zero-order chi connectivity index (χ0) is 30.2. The fourth-order valence-corrected chi connectivity index (χ4v) is 6.74. The third-order valence-corrected chi connectivity index (χ3v) is 9.56. The second-order valence-electron chi connectivity index (χ2n) is 13.8. The Morgan fingerprint density at radius 2 is 0.738 bits per heavy atom. The lowest BCUT2D eigenvalue weighted by Crippen LogP contribution is -2.37. The van der Waals surface area contributed by atoms with Crippen LogP contribution in [0.1, 0.15) is 226 Å². The lowest BCUT2D eigenvalue weighted by Gasteiger charge is -2.06. The molecule has 1 aromatic rings. The Morgan fingerprint density at radius 3 is 1.10 bits per heavy atom. The van der Waals surface area contributed by atoms with Gasteiger partial charge >= 0.3 is 0 Å². The predicted molar refractivity (Wildman–Crippen MR) is 188 cm³/mol. The highest BCUT2D eigenvalue weighted by atomic mass is 15.1. The van der Waals surface area contributed by atoms with Crippen molar-refractivity contribution in [2.45, 2.75) is 239 Å². The quantitative estimate of drug-likeness (QED) is 0.0560. The third kappa shape index (κ3) is 23.6. The highest BCUT2D eigenvalue weighted by Crippen LogP contribution is 2.16. The summed E-state index contributed by atoms with van der Waals surface area (Å²) in [6.45, 7) is 9.34. The number of hydrogen-bond donors (Lipinski definition) is 0. The Bertz CT molecular complexity index is 648. The molecule has 0 saturated heterocycles. The van der Waals surface area contributed by atoms with Gasteiger partial charge in [0, 0.05) is 6.42 Å². The van der Waals surface area contributed by atoms with Crippen LogP contribution in [0, 0.1) is 0 Å². The standard InChI is InChI=1S/C40H79N2/c1-4-7-9-11-13-15-17-19-20-21-22-23-25-27-29-31-33-35-40-41(36-6-3)38-39-42(40)37-34-32-30-28-26-24-18-16-14-12-10-8-5-2/h38-39H,4-37H2,1-3H3/q+1. The van der Waals surface area contributed by atoms with E-state index in [2.05, 4.69) is 42.3 Å². The number of rotatable bonds is 34. The lowest BCUT2D eigenvalue weighted by atomic mass is 10.0. The van der Waals surface area contributed by atoms with E-state index < -0.39 is 0 Å². The molecule has 42 heavy (non-hydrogen) atoms. The maximum Gasteiger partial charge on any atom is 0.256 e. The van der Waals surface area contributed by atoms with Crippen LogP contribution in [-0.2, 0) is 19.5 Å². The average Bonchev–Trinajstić information content (AvgIpc) is 3.38. The Hall–Kier alpha value is -0.790. The minimum atomic E-state index is 1.18. The number of hydrogen-bond acceptors (Lipinski definition) is 0. The van der Waals surface area contributed by atoms with Crippen molar-refractivity contribution in [1.82, 2.24) is 4.57 Å². The summed E-state index contributed by atoms with van der Waals surface area (Å²) in [6.07, 6.45) is 50.6. The molecule has 2 heteroatoms. The van der Waals surface area contributed by atoms with Crippen molar-refractivity contribution in [3.63, 3.8) is 0 Å². The summed E-state index contributed by atoms with van der Waals surface area (Å²) in [6, 6.07) is 0. The maximum absolute atomic E-state index is 2.60. The molecule has 0 aliphatic heterocycles. The summed E-state index contributed by atoms with van der Waals surface area (Å²) < 4.78 is 5.15. The maximum atomic E-state index is 2.60. The van der Waals surface area contributed by atoms with Crippen LogP contribution in [0.4, 0.5) is 0 Å². The molecule has 0 unspecified atom stereocenters. The average molecular weight is 588 g/mol. The van der Waals surface area contributed by atoms with Gasteiger partial charge in [0.1, 0.15) is 12.4 Å². The van der Waals surface area contributed by atoms with Crippen LogP contribution in [0.2, 0.25) is 0 Å². The molecule has 248 valence electrons. The van der Waals surface area contributed by atoms with Gasteiger partial charge in [0.05, 0.1) is 13.1 Å². The fraction of sp³-hybridized carbons (Fsp3) is 0.925. The van der Waals surface area contributed by atoms with Crippen LogP contribution in [0.15, 0.2) is 12.4 Å². The molecule has 0 spiro atoms. The zero-order valence-electron chi connectivity index (χ0n) is 29.6. The molecule has 1 aromatic heterocycles. The van der Waals surface area contributed by atoms with Gasteiger partial charge in [0.25, 0.3) is 5.82 Å². The second-order valence-corrected chi connectivity index (χ2v) is 13.8. The van der Waals surface area contributed by atoms with Gasteiger partial charge in [-0.1, -0.05) is 194 Å². The predicted octanol–water partition coefficient (Wildman–Crippen LogP) is 13.5. The van der Waals surface area contributed by atoms with Gasteiger partial charge in [-0.2, -0.15) is 0 Å². The van der Waals surface area contributed by atoms with Gasteiger partial charge in [0.2, 0.25) is 0 Å². The van der Waals surface area contributed by atoms with E-state index in [9.17, 15) is 0 Å². The van der Waals surface area contributed by atoms with E-state index in [4.69, 9.17) is 0 Å². The number of imidazole rings is 1. The summed E-state index contributed by atoms with van der Waals surface area (Å²) in [4.78, 5) is 0. The van der Waals surface area contributed by atoms with Crippen LogP contribution >= 0.6 is 0 Å². The number of aromatic nitrogens is 2. The molecule has 0 fully saturated rings. The van der Waals surface area contributed by atoms with Gasteiger partial charge < -0.3 is 0 Å². The molecule has 0 bridgehead atoms. The van der Waals surface area contributed by atoms with Gasteiger partial charge in [-0.15, -0.1) is 0 Å². The molecule has 1 heterocycles. The first kappa shape index (κ1) is 39.2. The molecular formula is C40H79N2+. The summed E-state index contributed by atoms with van der Waals surface area (Å²) in [5.41, 5.74) is 0. The van der Waals surface area contributed by atoms with E-state index in [1.165, 1.54) is 219 Å². The second kappa shape index (κ2) is 31.6. The Kier molecular flexibility index (Phi) is 29.5. The summed E-state index contributed by atoms with van der Waals surface area (Å²) in [5, 5.41) is 0. The minimum absolute atomic E-state index is 1.18. The molecular weight excluding hydrogens is 508 g/mol. The zero-order valence-corrected chi connectivity index (χ0v) is 29.6. The molecule has 1 rings (SSSR count). The minimum Gasteiger partial charge on any atom is -0.234 e. The molecule has 0 N–H and O–H groups in total. The van der Waals surface area contributed by atoms with Crippen molar-refractivity contribution >= 4 is 0 Å². The van der Waals surface area contributed by atoms with Crippen molar-refractivity contribution in [1.29, 1.82) is 0 Å². The van der Waals surface area contributed by atoms with Crippen LogP contribution in [0.3, 0.4) is 0 Å². The summed E-state index contributed by atoms with van der Waals surface area (Å²) in [7, 11) is 0. The lowest BCUT2D eigenvalue weighted by molar-refractivity contribution is -0.703. The highest BCUT2D eigenvalue weighted by molar-refractivity contribution is 4.84. The van der Waals surface area contributed by atoms with E-state index >= 15 is 0 Å². The van der Waals surface area contributed by atoms with Crippen LogP contribution < -0.4 is 4.57 Å². The van der Waals surface area contributed by atoms with E-state index in [1.807, 2.05) is 0 Å². The van der Waals surface area contributed by atoms with Gasteiger partial charge in [-0.05, 0) is 25.7 Å². The van der Waals surface area contributed by atoms with Crippen LogP contribution in [-0.4, -0.2) is 4.57 Å². The van der Waals surface area contributed by atoms with Crippen molar-refractivity contribution in [2.24, 2.45) is 0 Å². The first-order valence-corrected chi connectivity index (χ1v) is 19.9. The summed E-state index contributed by atoms with van der Waals surface area (Å²) >= 11 is 0. The third-order valence-electron chi connectivity index (χ3n) is 9.56. The SMILES string of the molecule is CCCCCCCCCCCCCCCCCCCc1n(CCCCCCCCCCCCCCC)cc[n+]1CCC. The molecule has 0 radical (unpaired) electrons. The topological polar surface area (TPSA) is 8.81 Å². The van der Waals surface area contributed by atoms with E-state index in [0.717, 1.165) is 0 Å². The smallest absolute Gasteiger partial charge is 0.234 e. The van der Waals surface area contributed by atoms with E-state index in [0.29, 0.717) is 0 Å². The van der Waals surface area contributed by atoms with E-state index in [-0.39, 0.29) is 0 Å². The molecule has 0 amide bonds. The number of nitrogens with zero attached hydrogens (tertiary/aromatic N) is 2. The van der Waals surface area contributed by atoms with Crippen molar-refractivity contribution in [3.8, 4) is 0 Å². The van der Waals surface area contributed by atoms with E-state index in [1.54, 1.807) is 5.82 Å². The first-order chi connectivity index (χ1) is 20.8. The molecule has 0 aliphatic rings. The molecule has 0 atom stereocenters. The monoisotopic (exact) mass is 588 g/mol. The Labute approximate surface area is 266 Å². The Balaban J connectivity index is 2.01. The van der Waals surface area contributed by atoms with Crippen molar-refractivity contribution in [3.05, 3.63) is 18.2 Å². The van der Waals surface area contributed by atoms with Crippen molar-refractivity contribution in [2.75, 3.05) is 0 Å². The van der Waals surface area contributed by atoms with Gasteiger partial charge in [-0.25, -0.2) is 9.13 Å². The van der Waals surface area contributed by atoms with Gasteiger partial charge in [-0.3, -0.25) is 0 Å². The number of unbranched alkanes of at least 4 members (excludes halogenated alkanes) is 28. The normalized spacial score (nSPS) is 11.6. The van der Waals surface area contributed by atoms with Crippen LogP contribution in [0.5, 0.6) is 0 Å². The molecule has 0 aliphatic carbocycles. The molecule has 0 aromatic carbocycles. The number of aryl methyl sites for hydroxylation is 2. The van der Waals surface area contributed by atoms with Gasteiger partial charge in [0.15, 0.2) is 0 Å². The molecule has 2 nitrogen and oxygen atoms in total. The van der Waals surface area contributed by atoms with Crippen LogP contribution in [0.25, 0.3) is 0 Å². The summed E-state index contributed by atoms with van der Waals surface area (Å²) in [5.74, 6) is 1.59. The largest absolute Gasteiger partial charge is 0.256 e. The Morgan fingerprint density at radius 1 is 0.405 bits per heavy atom. The highest BCUT2D eigenvalue weighted by Gasteiger charge is 2.15. The first-order valence-electron chi connectivity index (χ1n) is 19.9. The van der Waals surface area contributed by atoms with Crippen molar-refractivity contribution < 1.29 is 4.57 Å². The fourth-order valence-electron chi connectivity index (χ4n) is 6.74.